The van der Waals surface area contributed by atoms with Gasteiger partial charge in [0.15, 0.2) is 0 Å². The number of nitrogens with one attached hydrogen (secondary N) is 2. The minimum absolute atomic E-state index is 0.0656. The number of halogens is 2. The highest BCUT2D eigenvalue weighted by Crippen LogP contribution is 2.30. The van der Waals surface area contributed by atoms with E-state index < -0.39 is 11.9 Å². The second kappa shape index (κ2) is 8.55. The molecule has 4 N–H and O–H groups in total. The van der Waals surface area contributed by atoms with Gasteiger partial charge in [-0.2, -0.15) is 0 Å². The summed E-state index contributed by atoms with van der Waals surface area (Å²) in [6, 6.07) is 10.3. The molecule has 0 fully saturated rings. The number of carbonyl (C=O) groups excluding carboxylic acids is 2. The van der Waals surface area contributed by atoms with Crippen LogP contribution >= 0.6 is 23.2 Å². The number of ether oxygens (including phenoxy) is 1. The van der Waals surface area contributed by atoms with Crippen LogP contribution in [-0.4, -0.2) is 21.9 Å². The summed E-state index contributed by atoms with van der Waals surface area (Å²) < 4.78 is 5.45. The third-order valence-corrected chi connectivity index (χ3v) is 3.91. The average molecular weight is 418 g/mol. The quantitative estimate of drug-likeness (QED) is 0.549. The number of aromatic nitrogens is 2. The minimum Gasteiger partial charge on any atom is -0.423 e. The minimum atomic E-state index is -0.737. The average Bonchev–Trinajstić information content (AvgIpc) is 2.66. The maximum absolute atomic E-state index is 12.1. The molecule has 0 saturated heterocycles. The highest BCUT2D eigenvalue weighted by molar-refractivity contribution is 6.32. The first kappa shape index (κ1) is 19.4. The molecule has 0 aliphatic rings. The van der Waals surface area contributed by atoms with E-state index in [0.29, 0.717) is 10.7 Å². The van der Waals surface area contributed by atoms with E-state index in [0.717, 1.165) is 0 Å². The smallest absolute Gasteiger partial charge is 0.326 e. The lowest BCUT2D eigenvalue weighted by Gasteiger charge is -2.10. The summed E-state index contributed by atoms with van der Waals surface area (Å²) in [5.41, 5.74) is 6.53. The summed E-state index contributed by atoms with van der Waals surface area (Å²) in [5, 5.41) is 5.26. The molecule has 1 heterocycles. The van der Waals surface area contributed by atoms with Crippen LogP contribution in [-0.2, 0) is 0 Å². The largest absolute Gasteiger partial charge is 0.423 e. The van der Waals surface area contributed by atoms with E-state index in [1.54, 1.807) is 18.2 Å². The predicted molar refractivity (Wildman–Crippen MR) is 106 cm³/mol. The number of rotatable bonds is 4. The number of hydrogen-bond donors (Lipinski definition) is 3. The molecule has 10 heteroatoms. The number of urea groups is 1. The second-order valence-corrected chi connectivity index (χ2v) is 6.27. The number of nitrogens with zero attached hydrogens (tertiary/aromatic N) is 2. The van der Waals surface area contributed by atoms with Gasteiger partial charge in [0.05, 0.1) is 28.0 Å². The fourth-order valence-electron chi connectivity index (χ4n) is 2.15. The molecule has 0 saturated carbocycles. The number of anilines is 2. The molecular weight excluding hydrogens is 405 g/mol. The molecule has 28 heavy (non-hydrogen) atoms. The fraction of sp³-hybridized carbons (Fsp3) is 0. The van der Waals surface area contributed by atoms with Gasteiger partial charge in [-0.15, -0.1) is 0 Å². The van der Waals surface area contributed by atoms with Gasteiger partial charge in [-0.05, 0) is 30.3 Å². The Kier molecular flexibility index (Phi) is 5.93. The van der Waals surface area contributed by atoms with E-state index in [9.17, 15) is 9.59 Å². The number of amides is 3. The molecule has 0 unspecified atom stereocenters. The Balaban J connectivity index is 1.63. The highest BCUT2D eigenvalue weighted by Gasteiger charge is 2.14. The van der Waals surface area contributed by atoms with Crippen molar-refractivity contribution in [3.8, 4) is 11.8 Å². The number of carbonyl (C=O) groups is 2. The van der Waals surface area contributed by atoms with Crippen LogP contribution in [0.4, 0.5) is 16.2 Å². The van der Waals surface area contributed by atoms with E-state index in [4.69, 9.17) is 33.7 Å². The molecule has 2 aromatic carbocycles. The third-order valence-electron chi connectivity index (χ3n) is 3.42. The van der Waals surface area contributed by atoms with Crippen molar-refractivity contribution in [1.29, 1.82) is 0 Å². The van der Waals surface area contributed by atoms with Gasteiger partial charge in [-0.25, -0.2) is 14.8 Å². The van der Waals surface area contributed by atoms with E-state index in [1.807, 2.05) is 0 Å². The van der Waals surface area contributed by atoms with Gasteiger partial charge in [0.25, 0.3) is 5.91 Å². The van der Waals surface area contributed by atoms with Crippen molar-refractivity contribution in [2.45, 2.75) is 0 Å². The van der Waals surface area contributed by atoms with Crippen LogP contribution in [0.15, 0.2) is 54.9 Å². The Hall–Kier alpha value is -3.36. The van der Waals surface area contributed by atoms with E-state index in [2.05, 4.69) is 20.6 Å². The number of nitrogens with two attached hydrogens (primary N) is 1. The summed E-state index contributed by atoms with van der Waals surface area (Å²) in [7, 11) is 0. The topological polar surface area (TPSA) is 119 Å². The summed E-state index contributed by atoms with van der Waals surface area (Å²) in [4.78, 5) is 31.9. The first-order chi connectivity index (χ1) is 13.4. The SMILES string of the molecule is Nc1ccccc1C(=O)NC(=O)Nc1ccc(Oc2ncc(Cl)cn2)c(Cl)c1. The molecule has 0 atom stereocenters. The molecule has 0 bridgehead atoms. The Bertz CT molecular complexity index is 1030. The van der Waals surface area contributed by atoms with Crippen molar-refractivity contribution >= 4 is 46.5 Å². The van der Waals surface area contributed by atoms with Gasteiger partial charge in [0.2, 0.25) is 0 Å². The number of imide groups is 1. The summed E-state index contributed by atoms with van der Waals surface area (Å²) in [5.74, 6) is -0.343. The number of hydrogen-bond acceptors (Lipinski definition) is 6. The van der Waals surface area contributed by atoms with E-state index >= 15 is 0 Å². The number of nitrogen functional groups attached to an aromatic ring is 1. The van der Waals surface area contributed by atoms with Crippen molar-refractivity contribution in [3.63, 3.8) is 0 Å². The molecule has 3 rings (SSSR count). The van der Waals surface area contributed by atoms with Crippen LogP contribution < -0.4 is 21.1 Å². The van der Waals surface area contributed by atoms with Crippen molar-refractivity contribution in [2.24, 2.45) is 0 Å². The van der Waals surface area contributed by atoms with E-state index in [1.165, 1.54) is 36.7 Å². The first-order valence-electron chi connectivity index (χ1n) is 7.84. The van der Waals surface area contributed by atoms with Gasteiger partial charge in [0, 0.05) is 11.4 Å². The van der Waals surface area contributed by atoms with Gasteiger partial charge in [0.1, 0.15) is 5.75 Å². The van der Waals surface area contributed by atoms with Crippen molar-refractivity contribution in [1.82, 2.24) is 15.3 Å². The molecule has 3 aromatic rings. The third kappa shape index (κ3) is 4.87. The highest BCUT2D eigenvalue weighted by atomic mass is 35.5. The van der Waals surface area contributed by atoms with Crippen molar-refractivity contribution < 1.29 is 14.3 Å². The molecular formula is C18H13Cl2N5O3. The van der Waals surface area contributed by atoms with E-state index in [-0.39, 0.29) is 28.0 Å². The Labute approximate surface area is 169 Å². The van der Waals surface area contributed by atoms with Crippen LogP contribution in [0.2, 0.25) is 10.0 Å². The zero-order valence-corrected chi connectivity index (χ0v) is 15.7. The molecule has 8 nitrogen and oxygen atoms in total. The maximum atomic E-state index is 12.1. The van der Waals surface area contributed by atoms with Crippen LogP contribution in [0.1, 0.15) is 10.4 Å². The molecule has 0 aliphatic heterocycles. The fourth-order valence-corrected chi connectivity index (χ4v) is 2.47. The zero-order chi connectivity index (χ0) is 20.1. The van der Waals surface area contributed by atoms with Crippen LogP contribution in [0, 0.1) is 0 Å². The molecule has 0 aliphatic carbocycles. The molecule has 142 valence electrons. The normalized spacial score (nSPS) is 10.2. The Morgan fingerprint density at radius 1 is 1.04 bits per heavy atom. The molecule has 0 spiro atoms. The second-order valence-electron chi connectivity index (χ2n) is 5.43. The van der Waals surface area contributed by atoms with Gasteiger partial charge < -0.3 is 15.8 Å². The lowest BCUT2D eigenvalue weighted by Crippen LogP contribution is -2.34. The van der Waals surface area contributed by atoms with Gasteiger partial charge in [-0.3, -0.25) is 10.1 Å². The number of para-hydroxylation sites is 1. The lowest BCUT2D eigenvalue weighted by molar-refractivity contribution is 0.0968. The monoisotopic (exact) mass is 417 g/mol. The first-order valence-corrected chi connectivity index (χ1v) is 8.60. The zero-order valence-electron chi connectivity index (χ0n) is 14.1. The van der Waals surface area contributed by atoms with Crippen molar-refractivity contribution in [2.75, 3.05) is 11.1 Å². The van der Waals surface area contributed by atoms with Crippen LogP contribution in [0.25, 0.3) is 0 Å². The standard InChI is InChI=1S/C18H13Cl2N5O3/c19-10-8-22-18(23-9-10)28-15-6-5-11(7-13(15)20)24-17(27)25-16(26)12-3-1-2-4-14(12)21/h1-9H,21H2,(H2,24,25,26,27). The van der Waals surface area contributed by atoms with Gasteiger partial charge in [-0.1, -0.05) is 35.3 Å². The Morgan fingerprint density at radius 2 is 1.75 bits per heavy atom. The Morgan fingerprint density at radius 3 is 2.43 bits per heavy atom. The van der Waals surface area contributed by atoms with Crippen molar-refractivity contribution in [3.05, 3.63) is 70.5 Å². The summed E-state index contributed by atoms with van der Waals surface area (Å²) in [6.45, 7) is 0. The summed E-state index contributed by atoms with van der Waals surface area (Å²) in [6.07, 6.45) is 2.77. The summed E-state index contributed by atoms with van der Waals surface area (Å²) >= 11 is 11.9. The van der Waals surface area contributed by atoms with Crippen LogP contribution in [0.5, 0.6) is 11.8 Å². The van der Waals surface area contributed by atoms with Gasteiger partial charge >= 0.3 is 12.0 Å². The number of benzene rings is 2. The molecule has 3 amide bonds. The molecule has 1 aromatic heterocycles. The molecule has 0 radical (unpaired) electrons. The maximum Gasteiger partial charge on any atom is 0.326 e. The lowest BCUT2D eigenvalue weighted by atomic mass is 10.2. The predicted octanol–water partition coefficient (Wildman–Crippen LogP) is 4.12. The van der Waals surface area contributed by atoms with Crippen LogP contribution in [0.3, 0.4) is 0 Å².